The van der Waals surface area contributed by atoms with Crippen LogP contribution in [0.5, 0.6) is 0 Å². The third-order valence-electron chi connectivity index (χ3n) is 6.64. The zero-order chi connectivity index (χ0) is 26.0. The Morgan fingerprint density at radius 3 is 2.44 bits per heavy atom. The van der Waals surface area contributed by atoms with Crippen molar-refractivity contribution >= 4 is 44.3 Å². The monoisotopic (exact) mass is 534 g/mol. The minimum absolute atomic E-state index is 0.0603. The number of nitrogens with one attached hydrogen (secondary N) is 2. The molecule has 1 fully saturated rings. The van der Waals surface area contributed by atoms with E-state index in [-0.39, 0.29) is 29.0 Å². The number of carbonyl (C=O) groups is 3. The van der Waals surface area contributed by atoms with Gasteiger partial charge in [-0.25, -0.2) is 13.2 Å². The molecule has 2 N–H and O–H groups in total. The normalized spacial score (nSPS) is 18.3. The standard InChI is InChI=1S/C24H30N4O6S2/c1-15-6-4-5-12-28(15)36(32,33)17-9-7-16(8-10-17)21(29)26-23-20(22(30)25-2)18-11-13-27(24(31)34-3)14-19(18)35-23/h7-10,15H,4-6,11-14H2,1-3H3,(H,25,30)(H,26,29). The summed E-state index contributed by atoms with van der Waals surface area (Å²) >= 11 is 1.24. The maximum absolute atomic E-state index is 13.1. The number of ether oxygens (including phenoxy) is 1. The number of benzene rings is 1. The summed E-state index contributed by atoms with van der Waals surface area (Å²) in [5.74, 6) is -0.787. The number of fused-ring (bicyclic) bond motifs is 1. The fourth-order valence-electron chi connectivity index (χ4n) is 4.66. The summed E-state index contributed by atoms with van der Waals surface area (Å²) in [6.45, 7) is 3.09. The molecule has 12 heteroatoms. The number of rotatable bonds is 5. The van der Waals surface area contributed by atoms with E-state index in [2.05, 4.69) is 10.6 Å². The number of carbonyl (C=O) groups excluding carboxylic acids is 3. The average Bonchev–Trinajstić information content (AvgIpc) is 3.24. The van der Waals surface area contributed by atoms with Gasteiger partial charge in [-0.15, -0.1) is 11.3 Å². The molecule has 3 amide bonds. The largest absolute Gasteiger partial charge is 0.453 e. The van der Waals surface area contributed by atoms with Crippen LogP contribution in [0.1, 0.15) is 57.3 Å². The summed E-state index contributed by atoms with van der Waals surface area (Å²) in [5, 5.41) is 5.81. The molecule has 0 radical (unpaired) electrons. The second kappa shape index (κ2) is 10.6. The highest BCUT2D eigenvalue weighted by molar-refractivity contribution is 7.89. The van der Waals surface area contributed by atoms with E-state index < -0.39 is 22.0 Å². The Kier molecular flexibility index (Phi) is 7.67. The molecule has 1 aromatic heterocycles. The molecule has 0 aliphatic carbocycles. The van der Waals surface area contributed by atoms with E-state index in [4.69, 9.17) is 4.74 Å². The number of anilines is 1. The lowest BCUT2D eigenvalue weighted by atomic mass is 10.0. The van der Waals surface area contributed by atoms with Gasteiger partial charge in [0.25, 0.3) is 11.8 Å². The molecule has 2 aromatic rings. The fraction of sp³-hybridized carbons (Fsp3) is 0.458. The van der Waals surface area contributed by atoms with Crippen LogP contribution in [-0.2, 0) is 27.7 Å². The minimum Gasteiger partial charge on any atom is -0.453 e. The number of sulfonamides is 1. The van der Waals surface area contributed by atoms with E-state index in [9.17, 15) is 22.8 Å². The second-order valence-corrected chi connectivity index (χ2v) is 11.9. The van der Waals surface area contributed by atoms with E-state index >= 15 is 0 Å². The molecular weight excluding hydrogens is 504 g/mol. The van der Waals surface area contributed by atoms with Crippen molar-refractivity contribution in [2.24, 2.45) is 0 Å². The van der Waals surface area contributed by atoms with E-state index in [1.54, 1.807) is 4.90 Å². The van der Waals surface area contributed by atoms with Gasteiger partial charge in [0.1, 0.15) is 5.00 Å². The van der Waals surface area contributed by atoms with Crippen LogP contribution in [-0.4, -0.2) is 68.8 Å². The fourth-order valence-corrected chi connectivity index (χ4v) is 7.61. The van der Waals surface area contributed by atoms with Crippen LogP contribution in [0.25, 0.3) is 0 Å². The molecule has 1 atom stereocenters. The molecule has 10 nitrogen and oxygen atoms in total. The molecule has 3 heterocycles. The number of nitrogens with zero attached hydrogens (tertiary/aromatic N) is 2. The van der Waals surface area contributed by atoms with Gasteiger partial charge in [0.15, 0.2) is 0 Å². The van der Waals surface area contributed by atoms with Crippen molar-refractivity contribution in [3.63, 3.8) is 0 Å². The van der Waals surface area contributed by atoms with Crippen LogP contribution in [0.4, 0.5) is 9.80 Å². The van der Waals surface area contributed by atoms with Gasteiger partial charge in [0, 0.05) is 36.6 Å². The molecular formula is C24H30N4O6S2. The second-order valence-electron chi connectivity index (χ2n) is 8.87. The first kappa shape index (κ1) is 26.1. The van der Waals surface area contributed by atoms with Crippen molar-refractivity contribution < 1.29 is 27.5 Å². The third-order valence-corrected chi connectivity index (χ3v) is 9.80. The Bertz CT molecular complexity index is 1270. The van der Waals surface area contributed by atoms with Gasteiger partial charge in [0.05, 0.1) is 24.1 Å². The number of thiophene rings is 1. The lowest BCUT2D eigenvalue weighted by Gasteiger charge is -2.32. The van der Waals surface area contributed by atoms with E-state index in [1.807, 2.05) is 6.92 Å². The first-order valence-electron chi connectivity index (χ1n) is 11.8. The Balaban J connectivity index is 1.56. The smallest absolute Gasteiger partial charge is 0.409 e. The van der Waals surface area contributed by atoms with Gasteiger partial charge < -0.3 is 20.3 Å². The van der Waals surface area contributed by atoms with Crippen LogP contribution in [0.15, 0.2) is 29.2 Å². The molecule has 2 aliphatic heterocycles. The summed E-state index contributed by atoms with van der Waals surface area (Å²) in [7, 11) is -0.807. The van der Waals surface area contributed by atoms with Crippen molar-refractivity contribution in [2.75, 3.05) is 32.6 Å². The molecule has 1 saturated heterocycles. The summed E-state index contributed by atoms with van der Waals surface area (Å²) in [5.41, 5.74) is 1.45. The summed E-state index contributed by atoms with van der Waals surface area (Å²) < 4.78 is 32.5. The first-order chi connectivity index (χ1) is 17.2. The first-order valence-corrected chi connectivity index (χ1v) is 14.1. The molecule has 1 unspecified atom stereocenters. The molecule has 2 aliphatic rings. The molecule has 4 rings (SSSR count). The van der Waals surface area contributed by atoms with E-state index in [0.717, 1.165) is 29.7 Å². The summed E-state index contributed by atoms with van der Waals surface area (Å²) in [4.78, 5) is 40.1. The van der Waals surface area contributed by atoms with E-state index in [0.29, 0.717) is 30.1 Å². The summed E-state index contributed by atoms with van der Waals surface area (Å²) in [6.07, 6.45) is 2.68. The molecule has 0 spiro atoms. The van der Waals surface area contributed by atoms with Gasteiger partial charge in [-0.1, -0.05) is 6.42 Å². The average molecular weight is 535 g/mol. The highest BCUT2D eigenvalue weighted by Crippen LogP contribution is 2.37. The van der Waals surface area contributed by atoms with Gasteiger partial charge in [-0.3, -0.25) is 9.59 Å². The topological polar surface area (TPSA) is 125 Å². The van der Waals surface area contributed by atoms with Crippen molar-refractivity contribution in [2.45, 2.75) is 50.1 Å². The molecule has 1 aromatic carbocycles. The highest BCUT2D eigenvalue weighted by Gasteiger charge is 2.32. The molecule has 36 heavy (non-hydrogen) atoms. The summed E-state index contributed by atoms with van der Waals surface area (Å²) in [6, 6.07) is 5.78. The van der Waals surface area contributed by atoms with Crippen LogP contribution in [0, 0.1) is 0 Å². The SMILES string of the molecule is CNC(=O)c1c(NC(=O)c2ccc(S(=O)(=O)N3CCCCC3C)cc2)sc2c1CCN(C(=O)OC)C2. The van der Waals surface area contributed by atoms with Crippen LogP contribution < -0.4 is 10.6 Å². The zero-order valence-electron chi connectivity index (χ0n) is 20.5. The molecule has 194 valence electrons. The Morgan fingerprint density at radius 2 is 1.81 bits per heavy atom. The van der Waals surface area contributed by atoms with Crippen LogP contribution in [0.2, 0.25) is 0 Å². The third kappa shape index (κ3) is 4.97. The number of hydrogen-bond acceptors (Lipinski definition) is 7. The Labute approximate surface area is 214 Å². The molecule has 0 bridgehead atoms. The number of hydrogen-bond donors (Lipinski definition) is 2. The van der Waals surface area contributed by atoms with Gasteiger partial charge >= 0.3 is 6.09 Å². The highest BCUT2D eigenvalue weighted by atomic mass is 32.2. The number of methoxy groups -OCH3 is 1. The number of piperidine rings is 1. The molecule has 0 saturated carbocycles. The van der Waals surface area contributed by atoms with Gasteiger partial charge in [-0.05, 0) is 56.0 Å². The van der Waals surface area contributed by atoms with Crippen molar-refractivity contribution in [1.29, 1.82) is 0 Å². The predicted molar refractivity (Wildman–Crippen MR) is 136 cm³/mol. The number of amides is 3. The maximum Gasteiger partial charge on any atom is 0.409 e. The minimum atomic E-state index is -3.64. The Hall–Kier alpha value is -2.96. The zero-order valence-corrected chi connectivity index (χ0v) is 22.1. The van der Waals surface area contributed by atoms with Crippen LogP contribution >= 0.6 is 11.3 Å². The lowest BCUT2D eigenvalue weighted by Crippen LogP contribution is -2.41. The lowest BCUT2D eigenvalue weighted by molar-refractivity contribution is 0.0962. The van der Waals surface area contributed by atoms with Crippen LogP contribution in [0.3, 0.4) is 0 Å². The maximum atomic E-state index is 13.1. The van der Waals surface area contributed by atoms with Crippen molar-refractivity contribution in [3.05, 3.63) is 45.8 Å². The van der Waals surface area contributed by atoms with Crippen molar-refractivity contribution in [3.8, 4) is 0 Å². The quantitative estimate of drug-likeness (QED) is 0.608. The van der Waals surface area contributed by atoms with Crippen molar-refractivity contribution in [1.82, 2.24) is 14.5 Å². The van der Waals surface area contributed by atoms with E-state index in [1.165, 1.54) is 54.1 Å². The van der Waals surface area contributed by atoms with Gasteiger partial charge in [0.2, 0.25) is 10.0 Å². The predicted octanol–water partition coefficient (Wildman–Crippen LogP) is 3.05. The van der Waals surface area contributed by atoms with Gasteiger partial charge in [-0.2, -0.15) is 4.31 Å². The Morgan fingerprint density at radius 1 is 1.08 bits per heavy atom.